The summed E-state index contributed by atoms with van der Waals surface area (Å²) in [5.41, 5.74) is 2.46. The van der Waals surface area contributed by atoms with Gasteiger partial charge >= 0.3 is 0 Å². The number of methoxy groups -OCH3 is 1. The molecule has 1 aliphatic rings. The van der Waals surface area contributed by atoms with Crippen LogP contribution >= 0.6 is 22.6 Å². The maximum atomic E-state index is 12.5. The molecule has 0 aliphatic heterocycles. The molecule has 2 amide bonds. The van der Waals surface area contributed by atoms with Gasteiger partial charge in [-0.05, 0) is 78.3 Å². The molecular weight excluding hydrogens is 533 g/mol. The molecule has 172 valence electrons. The number of halogens is 1. The summed E-state index contributed by atoms with van der Waals surface area (Å²) in [6.07, 6.45) is 5.61. The summed E-state index contributed by atoms with van der Waals surface area (Å²) in [5.74, 6) is 0.163. The van der Waals surface area contributed by atoms with Gasteiger partial charge in [0.25, 0.3) is 11.8 Å². The molecule has 1 saturated carbocycles. The summed E-state index contributed by atoms with van der Waals surface area (Å²) in [5, 5.41) is 15.2. The molecule has 1 aliphatic carbocycles. The predicted octanol–water partition coefficient (Wildman–Crippen LogP) is 4.59. The molecule has 0 saturated heterocycles. The van der Waals surface area contributed by atoms with Crippen LogP contribution in [0.2, 0.25) is 0 Å². The Labute approximate surface area is 207 Å². The second kappa shape index (κ2) is 11.7. The molecule has 0 unspecified atom stereocenters. The first-order chi connectivity index (χ1) is 15.9. The van der Waals surface area contributed by atoms with Crippen LogP contribution in [0.3, 0.4) is 0 Å². The Hall–Kier alpha value is -3.06. The van der Waals surface area contributed by atoms with Crippen molar-refractivity contribution in [3.8, 4) is 17.6 Å². The van der Waals surface area contributed by atoms with E-state index in [0.717, 1.165) is 31.2 Å². The number of nitrogens with zero attached hydrogens (tertiary/aromatic N) is 1. The fourth-order valence-electron chi connectivity index (χ4n) is 3.58. The molecule has 0 heterocycles. The van der Waals surface area contributed by atoms with Gasteiger partial charge < -0.3 is 20.1 Å². The molecule has 8 heteroatoms. The number of hydrogen-bond donors (Lipinski definition) is 2. The fraction of sp³-hybridized carbons (Fsp3) is 0.320. The number of hydrogen-bond acceptors (Lipinski definition) is 5. The first-order valence-electron chi connectivity index (χ1n) is 10.7. The Bertz CT molecular complexity index is 1080. The smallest absolute Gasteiger partial charge is 0.262 e. The number of nitrogens with one attached hydrogen (secondary N) is 2. The van der Waals surface area contributed by atoms with E-state index in [4.69, 9.17) is 9.47 Å². The number of carbonyl (C=O) groups excluding carboxylic acids is 2. The van der Waals surface area contributed by atoms with Gasteiger partial charge in [0.05, 0.1) is 10.7 Å². The summed E-state index contributed by atoms with van der Waals surface area (Å²) >= 11 is 2.08. The lowest BCUT2D eigenvalue weighted by Gasteiger charge is -2.14. The van der Waals surface area contributed by atoms with Gasteiger partial charge in [-0.2, -0.15) is 5.26 Å². The average molecular weight is 559 g/mol. The zero-order valence-corrected chi connectivity index (χ0v) is 20.8. The Kier molecular flexibility index (Phi) is 8.72. The summed E-state index contributed by atoms with van der Waals surface area (Å²) in [6.45, 7) is 1.78. The van der Waals surface area contributed by atoms with E-state index in [1.54, 1.807) is 12.1 Å². The van der Waals surface area contributed by atoms with Crippen LogP contribution in [0.1, 0.15) is 36.8 Å². The van der Waals surface area contributed by atoms with E-state index in [2.05, 4.69) is 33.2 Å². The first kappa shape index (κ1) is 24.6. The van der Waals surface area contributed by atoms with E-state index in [9.17, 15) is 14.9 Å². The van der Waals surface area contributed by atoms with Gasteiger partial charge in [-0.3, -0.25) is 9.59 Å². The second-order valence-electron chi connectivity index (χ2n) is 7.86. The van der Waals surface area contributed by atoms with Gasteiger partial charge in [0, 0.05) is 11.7 Å². The van der Waals surface area contributed by atoms with Crippen molar-refractivity contribution in [2.45, 2.75) is 38.6 Å². The second-order valence-corrected chi connectivity index (χ2v) is 9.02. The van der Waals surface area contributed by atoms with E-state index < -0.39 is 0 Å². The van der Waals surface area contributed by atoms with Crippen molar-refractivity contribution in [1.82, 2.24) is 5.32 Å². The molecule has 7 nitrogen and oxygen atoms in total. The third kappa shape index (κ3) is 6.96. The van der Waals surface area contributed by atoms with Crippen LogP contribution in [-0.2, 0) is 9.59 Å². The van der Waals surface area contributed by atoms with Crippen molar-refractivity contribution >= 4 is 46.2 Å². The fourth-order valence-corrected chi connectivity index (χ4v) is 4.36. The number of aryl methyl sites for hydroxylation is 1. The lowest BCUT2D eigenvalue weighted by Crippen LogP contribution is -2.33. The van der Waals surface area contributed by atoms with E-state index >= 15 is 0 Å². The predicted molar refractivity (Wildman–Crippen MR) is 135 cm³/mol. The van der Waals surface area contributed by atoms with Gasteiger partial charge in [-0.25, -0.2) is 0 Å². The Morgan fingerprint density at radius 3 is 2.55 bits per heavy atom. The number of ether oxygens (including phenoxy) is 2. The van der Waals surface area contributed by atoms with Crippen LogP contribution in [0.15, 0.2) is 42.0 Å². The molecule has 2 aromatic rings. The highest BCUT2D eigenvalue weighted by Gasteiger charge is 2.20. The SMILES string of the molecule is COc1cc(/C=C(/C#N)C(=O)NC2CCCC2)cc(I)c1OCC(=O)Nc1ccc(C)cc1. The summed E-state index contributed by atoms with van der Waals surface area (Å²) in [7, 11) is 1.50. The Morgan fingerprint density at radius 2 is 1.91 bits per heavy atom. The zero-order chi connectivity index (χ0) is 23.8. The zero-order valence-electron chi connectivity index (χ0n) is 18.6. The van der Waals surface area contributed by atoms with E-state index in [-0.39, 0.29) is 30.0 Å². The molecule has 0 radical (unpaired) electrons. The van der Waals surface area contributed by atoms with Crippen molar-refractivity contribution in [3.05, 3.63) is 56.7 Å². The lowest BCUT2D eigenvalue weighted by molar-refractivity contribution is -0.118. The molecule has 0 bridgehead atoms. The average Bonchev–Trinajstić information content (AvgIpc) is 3.30. The highest BCUT2D eigenvalue weighted by molar-refractivity contribution is 14.1. The lowest BCUT2D eigenvalue weighted by atomic mass is 10.1. The van der Waals surface area contributed by atoms with Crippen LogP contribution in [-0.4, -0.2) is 31.6 Å². The minimum Gasteiger partial charge on any atom is -0.493 e. The largest absolute Gasteiger partial charge is 0.493 e. The molecule has 0 spiro atoms. The van der Waals surface area contributed by atoms with Crippen molar-refractivity contribution in [2.75, 3.05) is 19.0 Å². The minimum absolute atomic E-state index is 0.0332. The third-order valence-electron chi connectivity index (χ3n) is 5.30. The normalized spacial score (nSPS) is 13.8. The summed E-state index contributed by atoms with van der Waals surface area (Å²) in [6, 6.07) is 13.1. The molecular formula is C25H26IN3O4. The number of nitriles is 1. The number of carbonyl (C=O) groups is 2. The Balaban J connectivity index is 1.69. The van der Waals surface area contributed by atoms with Gasteiger partial charge in [0.15, 0.2) is 18.1 Å². The standard InChI is InChI=1S/C25H26IN3O4/c1-16-7-9-20(10-8-16)28-23(30)15-33-24-21(26)12-17(13-22(24)32-2)11-18(14-27)25(31)29-19-5-3-4-6-19/h7-13,19H,3-6,15H2,1-2H3,(H,28,30)(H,29,31)/b18-11-. The van der Waals surface area contributed by atoms with Gasteiger partial charge in [0.2, 0.25) is 0 Å². The third-order valence-corrected chi connectivity index (χ3v) is 6.10. The maximum Gasteiger partial charge on any atom is 0.262 e. The number of amides is 2. The van der Waals surface area contributed by atoms with Gasteiger partial charge in [-0.1, -0.05) is 30.5 Å². The van der Waals surface area contributed by atoms with Crippen LogP contribution in [0.25, 0.3) is 6.08 Å². The van der Waals surface area contributed by atoms with Crippen LogP contribution in [0.5, 0.6) is 11.5 Å². The van der Waals surface area contributed by atoms with E-state index in [1.165, 1.54) is 13.2 Å². The van der Waals surface area contributed by atoms with Gasteiger partial charge in [-0.15, -0.1) is 0 Å². The van der Waals surface area contributed by atoms with Crippen molar-refractivity contribution in [3.63, 3.8) is 0 Å². The summed E-state index contributed by atoms with van der Waals surface area (Å²) in [4.78, 5) is 24.8. The monoisotopic (exact) mass is 559 g/mol. The van der Waals surface area contributed by atoms with Crippen LogP contribution in [0, 0.1) is 21.8 Å². The maximum absolute atomic E-state index is 12.5. The van der Waals surface area contributed by atoms with Gasteiger partial charge in [0.1, 0.15) is 11.6 Å². The number of benzene rings is 2. The molecule has 2 aromatic carbocycles. The minimum atomic E-state index is -0.369. The van der Waals surface area contributed by atoms with Crippen LogP contribution < -0.4 is 20.1 Å². The topological polar surface area (TPSA) is 100 Å². The highest BCUT2D eigenvalue weighted by atomic mass is 127. The summed E-state index contributed by atoms with van der Waals surface area (Å²) < 4.78 is 11.9. The number of anilines is 1. The molecule has 3 rings (SSSR count). The van der Waals surface area contributed by atoms with Crippen LogP contribution in [0.4, 0.5) is 5.69 Å². The highest BCUT2D eigenvalue weighted by Crippen LogP contribution is 2.34. The molecule has 0 atom stereocenters. The van der Waals surface area contributed by atoms with Crippen molar-refractivity contribution < 1.29 is 19.1 Å². The number of rotatable bonds is 8. The quantitative estimate of drug-likeness (QED) is 0.280. The molecule has 2 N–H and O–H groups in total. The van der Waals surface area contributed by atoms with E-state index in [0.29, 0.717) is 26.3 Å². The van der Waals surface area contributed by atoms with E-state index in [1.807, 2.05) is 37.3 Å². The molecule has 1 fully saturated rings. The molecule has 33 heavy (non-hydrogen) atoms. The molecule has 0 aromatic heterocycles. The van der Waals surface area contributed by atoms with Crippen molar-refractivity contribution in [1.29, 1.82) is 5.26 Å². The first-order valence-corrected chi connectivity index (χ1v) is 11.8. The Morgan fingerprint density at radius 1 is 1.21 bits per heavy atom. The van der Waals surface area contributed by atoms with Crippen molar-refractivity contribution in [2.24, 2.45) is 0 Å².